The van der Waals surface area contributed by atoms with E-state index in [-0.39, 0.29) is 35.6 Å². The number of nitrogens with one attached hydrogen (secondary N) is 2. The average Bonchev–Trinajstić information content (AvgIpc) is 3.25. The number of benzene rings is 1. The molecule has 1 aromatic heterocycles. The summed E-state index contributed by atoms with van der Waals surface area (Å²) >= 11 is 0. The van der Waals surface area contributed by atoms with Crippen LogP contribution in [0.3, 0.4) is 0 Å². The smallest absolute Gasteiger partial charge is 0.279 e. The second-order valence-corrected chi connectivity index (χ2v) is 10.7. The van der Waals surface area contributed by atoms with Gasteiger partial charge in [-0.05, 0) is 31.7 Å². The highest BCUT2D eigenvalue weighted by molar-refractivity contribution is 7.89. The van der Waals surface area contributed by atoms with Crippen molar-refractivity contribution in [2.75, 3.05) is 44.8 Å². The summed E-state index contributed by atoms with van der Waals surface area (Å²) < 4.78 is 38.8. The number of ether oxygens (including phenoxy) is 2. The van der Waals surface area contributed by atoms with E-state index in [0.29, 0.717) is 24.7 Å². The Balaban J connectivity index is 0.00000342. The number of aliphatic hydroxyl groups is 1. The van der Waals surface area contributed by atoms with Crippen LogP contribution in [0.15, 0.2) is 53.6 Å². The fourth-order valence-corrected chi connectivity index (χ4v) is 5.30. The van der Waals surface area contributed by atoms with Crippen molar-refractivity contribution in [1.29, 1.82) is 0 Å². The first-order chi connectivity index (χ1) is 16.3. The molecule has 0 amide bonds. The Morgan fingerprint density at radius 3 is 2.77 bits per heavy atom. The molecule has 1 spiro atoms. The summed E-state index contributed by atoms with van der Waals surface area (Å²) in [7, 11) is -2.20. The Kier molecular flexibility index (Phi) is 9.19. The first-order valence-electron chi connectivity index (χ1n) is 11.5. The fraction of sp³-hybridized carbons (Fsp3) is 0.522. The first kappa shape index (κ1) is 27.4. The highest BCUT2D eigenvalue weighted by Gasteiger charge is 2.44. The minimum absolute atomic E-state index is 0. The zero-order valence-electron chi connectivity index (χ0n) is 19.6. The van der Waals surface area contributed by atoms with E-state index in [9.17, 15) is 18.7 Å². The predicted molar refractivity (Wildman–Crippen MR) is 133 cm³/mol. The van der Waals surface area contributed by atoms with E-state index in [1.54, 1.807) is 18.2 Å². The van der Waals surface area contributed by atoms with Crippen LogP contribution in [-0.2, 0) is 14.8 Å². The monoisotopic (exact) mass is 528 g/mol. The van der Waals surface area contributed by atoms with Gasteiger partial charge < -0.3 is 25.1 Å². The molecule has 2 fully saturated rings. The van der Waals surface area contributed by atoms with Crippen molar-refractivity contribution in [2.24, 2.45) is 0 Å². The van der Waals surface area contributed by atoms with Gasteiger partial charge >= 0.3 is 0 Å². The van der Waals surface area contributed by atoms with E-state index in [4.69, 9.17) is 9.47 Å². The number of pyridine rings is 1. The van der Waals surface area contributed by atoms with E-state index < -0.39 is 16.1 Å². The molecule has 0 aliphatic carbocycles. The Morgan fingerprint density at radius 2 is 2.06 bits per heavy atom. The Bertz CT molecular complexity index is 1080. The minimum atomic E-state index is -3.55. The zero-order valence-corrected chi connectivity index (χ0v) is 21.3. The maximum absolute atomic E-state index is 12.0. The van der Waals surface area contributed by atoms with Gasteiger partial charge in [0.25, 0.3) is 5.82 Å². The Labute approximate surface area is 212 Å². The number of rotatable bonds is 9. The summed E-state index contributed by atoms with van der Waals surface area (Å²) in [5.74, 6) is 1.05. The molecule has 194 valence electrons. The van der Waals surface area contributed by atoms with Crippen LogP contribution in [0, 0.1) is 5.21 Å². The van der Waals surface area contributed by atoms with Crippen LogP contribution >= 0.6 is 12.4 Å². The largest absolute Gasteiger partial charge is 0.711 e. The molecule has 12 heteroatoms. The summed E-state index contributed by atoms with van der Waals surface area (Å²) in [6.07, 6.45) is 3.30. The molecule has 1 aromatic carbocycles. The van der Waals surface area contributed by atoms with Crippen LogP contribution in [0.5, 0.6) is 5.75 Å². The molecule has 3 heterocycles. The Hall–Kier alpha value is -2.15. The van der Waals surface area contributed by atoms with E-state index in [1.807, 2.05) is 12.1 Å². The summed E-state index contributed by atoms with van der Waals surface area (Å²) in [6, 6.07) is 11.7. The lowest BCUT2D eigenvalue weighted by molar-refractivity contribution is -0.592. The molecular formula is C23H33ClN4O6S. The van der Waals surface area contributed by atoms with Crippen LogP contribution < -0.4 is 24.4 Å². The lowest BCUT2D eigenvalue weighted by atomic mass is 9.87. The number of hydrogen-bond acceptors (Lipinski definition) is 8. The quantitative estimate of drug-likeness (QED) is 0.322. The number of anilines is 1. The summed E-state index contributed by atoms with van der Waals surface area (Å²) in [5, 5.41) is 25.7. The highest BCUT2D eigenvalue weighted by atomic mass is 35.5. The Morgan fingerprint density at radius 1 is 1.29 bits per heavy atom. The predicted octanol–water partition coefficient (Wildman–Crippen LogP) is 0.807. The van der Waals surface area contributed by atoms with Crippen molar-refractivity contribution < 1.29 is 27.7 Å². The van der Waals surface area contributed by atoms with Crippen molar-refractivity contribution >= 4 is 28.2 Å². The number of aromatic nitrogens is 1. The van der Waals surface area contributed by atoms with Crippen LogP contribution in [0.25, 0.3) is 0 Å². The number of piperidine rings is 1. The zero-order chi connectivity index (χ0) is 24.2. The molecular weight excluding hydrogens is 496 g/mol. The number of hydrogen-bond donors (Lipinski definition) is 3. The molecule has 2 aliphatic heterocycles. The number of nitrogens with zero attached hydrogens (tertiary/aromatic N) is 2. The number of halogens is 1. The lowest BCUT2D eigenvalue weighted by Crippen LogP contribution is -2.48. The third-order valence-corrected chi connectivity index (χ3v) is 7.89. The van der Waals surface area contributed by atoms with Crippen molar-refractivity contribution in [3.63, 3.8) is 0 Å². The molecule has 2 saturated heterocycles. The van der Waals surface area contributed by atoms with Gasteiger partial charge in [0.15, 0.2) is 0 Å². The van der Waals surface area contributed by atoms with Gasteiger partial charge in [0.1, 0.15) is 18.5 Å². The SMILES string of the molecule is CNS(=O)(=O)c1cccc(OC[C@@H](O)CN[C@H]2COC3(CCN(c4cccc[n+]4[O-])CC3)C2)c1.Cl. The van der Waals surface area contributed by atoms with Gasteiger partial charge in [-0.2, -0.15) is 0 Å². The summed E-state index contributed by atoms with van der Waals surface area (Å²) in [5.41, 5.74) is -0.197. The van der Waals surface area contributed by atoms with E-state index in [2.05, 4.69) is 14.9 Å². The second-order valence-electron chi connectivity index (χ2n) is 8.82. The molecule has 2 atom stereocenters. The van der Waals surface area contributed by atoms with Gasteiger partial charge in [-0.15, -0.1) is 12.4 Å². The minimum Gasteiger partial charge on any atom is -0.711 e. The topological polar surface area (TPSA) is 127 Å². The molecule has 0 bridgehead atoms. The van der Waals surface area contributed by atoms with Crippen LogP contribution in [0.4, 0.5) is 5.82 Å². The van der Waals surface area contributed by atoms with Crippen molar-refractivity contribution in [3.05, 3.63) is 53.9 Å². The molecule has 4 rings (SSSR count). The number of aliphatic hydroxyl groups excluding tert-OH is 1. The normalized spacial score (nSPS) is 20.4. The standard InChI is InChI=1S/C23H32N4O6S.ClH/c1-24-34(30,31)21-6-4-5-20(13-21)32-17-19(28)15-25-18-14-23(33-16-18)8-11-26(12-9-23)22-7-2-3-10-27(22)29;/h2-7,10,13,18-19,24-25,28H,8-9,11-12,14-17H2,1H3;1H/t18-,19+;/m1./s1. The maximum Gasteiger partial charge on any atom is 0.279 e. The van der Waals surface area contributed by atoms with Crippen LogP contribution in [0.1, 0.15) is 19.3 Å². The highest BCUT2D eigenvalue weighted by Crippen LogP contribution is 2.36. The molecule has 10 nitrogen and oxygen atoms in total. The summed E-state index contributed by atoms with van der Waals surface area (Å²) in [4.78, 5) is 2.21. The summed E-state index contributed by atoms with van der Waals surface area (Å²) in [6.45, 7) is 2.47. The van der Waals surface area contributed by atoms with Gasteiger partial charge in [-0.25, -0.2) is 17.9 Å². The third kappa shape index (κ3) is 6.75. The molecule has 2 aromatic rings. The molecule has 0 radical (unpaired) electrons. The average molecular weight is 529 g/mol. The maximum atomic E-state index is 12.0. The lowest BCUT2D eigenvalue weighted by Gasteiger charge is -2.36. The molecule has 0 saturated carbocycles. The molecule has 2 aliphatic rings. The van der Waals surface area contributed by atoms with Crippen molar-refractivity contribution in [1.82, 2.24) is 10.0 Å². The first-order valence-corrected chi connectivity index (χ1v) is 12.9. The van der Waals surface area contributed by atoms with Gasteiger partial charge in [0, 0.05) is 37.6 Å². The fourth-order valence-electron chi connectivity index (χ4n) is 4.53. The van der Waals surface area contributed by atoms with Gasteiger partial charge in [0.2, 0.25) is 10.0 Å². The van der Waals surface area contributed by atoms with Crippen molar-refractivity contribution in [2.45, 2.75) is 41.9 Å². The second kappa shape index (κ2) is 11.7. The van der Waals surface area contributed by atoms with E-state index >= 15 is 0 Å². The van der Waals surface area contributed by atoms with E-state index in [0.717, 1.165) is 37.1 Å². The molecule has 35 heavy (non-hydrogen) atoms. The van der Waals surface area contributed by atoms with Crippen molar-refractivity contribution in [3.8, 4) is 5.75 Å². The van der Waals surface area contributed by atoms with Crippen LogP contribution in [-0.4, -0.2) is 71.2 Å². The van der Waals surface area contributed by atoms with E-state index in [1.165, 1.54) is 25.4 Å². The third-order valence-electron chi connectivity index (χ3n) is 6.48. The van der Waals surface area contributed by atoms with Gasteiger partial charge in [0.05, 0.1) is 36.4 Å². The van der Waals surface area contributed by atoms with Gasteiger partial charge in [-0.3, -0.25) is 4.90 Å². The molecule has 3 N–H and O–H groups in total. The molecule has 0 unspecified atom stereocenters. The van der Waals surface area contributed by atoms with Crippen LogP contribution in [0.2, 0.25) is 0 Å². The number of sulfonamides is 1. The van der Waals surface area contributed by atoms with Gasteiger partial charge in [-0.1, -0.05) is 12.1 Å².